The number of nitrogens with zero attached hydrogens (tertiary/aromatic N) is 1. The molecule has 2 atom stereocenters. The van der Waals surface area contributed by atoms with E-state index in [0.29, 0.717) is 6.04 Å². The summed E-state index contributed by atoms with van der Waals surface area (Å²) in [6, 6.07) is 4.71. The number of ether oxygens (including phenoxy) is 1. The number of nitrogens with one attached hydrogen (secondary N) is 1. The Morgan fingerprint density at radius 3 is 3.00 bits per heavy atom. The van der Waals surface area contributed by atoms with Crippen molar-refractivity contribution in [1.29, 1.82) is 0 Å². The molecular weight excluding hydrogens is 236 g/mol. The predicted molar refractivity (Wildman–Crippen MR) is 78.3 cm³/mol. The Labute approximate surface area is 116 Å². The van der Waals surface area contributed by atoms with Crippen LogP contribution in [0.2, 0.25) is 0 Å². The van der Waals surface area contributed by atoms with E-state index in [1.54, 1.807) is 13.3 Å². The highest BCUT2D eigenvalue weighted by Gasteiger charge is 2.17. The summed E-state index contributed by atoms with van der Waals surface area (Å²) < 4.78 is 5.29. The van der Waals surface area contributed by atoms with E-state index in [9.17, 15) is 0 Å². The molecular formula is C16H26N2O. The van der Waals surface area contributed by atoms with Crippen molar-refractivity contribution in [2.75, 3.05) is 7.11 Å². The van der Waals surface area contributed by atoms with Crippen LogP contribution in [0.25, 0.3) is 0 Å². The Morgan fingerprint density at radius 1 is 1.32 bits per heavy atom. The van der Waals surface area contributed by atoms with E-state index in [2.05, 4.69) is 23.3 Å². The molecule has 0 spiro atoms. The highest BCUT2D eigenvalue weighted by molar-refractivity contribution is 5.25. The predicted octanol–water partition coefficient (Wildman–Crippen LogP) is 3.54. The van der Waals surface area contributed by atoms with Gasteiger partial charge in [0.15, 0.2) is 0 Å². The van der Waals surface area contributed by atoms with Gasteiger partial charge in [-0.25, -0.2) is 4.98 Å². The number of rotatable bonds is 5. The molecule has 1 aliphatic rings. The summed E-state index contributed by atoms with van der Waals surface area (Å²) in [5.74, 6) is 1.69. The lowest BCUT2D eigenvalue weighted by Crippen LogP contribution is -2.28. The van der Waals surface area contributed by atoms with Gasteiger partial charge in [-0.15, -0.1) is 0 Å². The van der Waals surface area contributed by atoms with Gasteiger partial charge in [0, 0.05) is 24.3 Å². The minimum Gasteiger partial charge on any atom is -0.481 e. The fourth-order valence-corrected chi connectivity index (χ4v) is 2.99. The Hall–Kier alpha value is -1.09. The summed E-state index contributed by atoms with van der Waals surface area (Å²) in [4.78, 5) is 4.24. The maximum atomic E-state index is 5.29. The van der Waals surface area contributed by atoms with Crippen molar-refractivity contribution in [2.45, 2.75) is 58.0 Å². The molecule has 1 fully saturated rings. The molecule has 106 valence electrons. The minimum atomic E-state index is 0.654. The quantitative estimate of drug-likeness (QED) is 0.824. The van der Waals surface area contributed by atoms with Gasteiger partial charge in [0.05, 0.1) is 7.11 Å². The fourth-order valence-electron chi connectivity index (χ4n) is 2.99. The molecule has 0 radical (unpaired) electrons. The van der Waals surface area contributed by atoms with E-state index >= 15 is 0 Å². The van der Waals surface area contributed by atoms with Crippen molar-refractivity contribution in [3.8, 4) is 5.88 Å². The highest BCUT2D eigenvalue weighted by atomic mass is 16.5. The smallest absolute Gasteiger partial charge is 0.217 e. The van der Waals surface area contributed by atoms with E-state index in [4.69, 9.17) is 4.74 Å². The maximum absolute atomic E-state index is 5.29. The standard InChI is InChI=1S/C16H26N2O/c1-3-13-6-4-8-15(10-9-13)18-12-14-7-5-11-17-16(14)19-2/h5,7,11,13,15,18H,3-4,6,8-10,12H2,1-2H3. The van der Waals surface area contributed by atoms with Crippen LogP contribution in [0, 0.1) is 5.92 Å². The number of hydrogen-bond acceptors (Lipinski definition) is 3. The van der Waals surface area contributed by atoms with Gasteiger partial charge in [-0.3, -0.25) is 0 Å². The number of aromatic nitrogens is 1. The lowest BCUT2D eigenvalue weighted by molar-refractivity contribution is 0.384. The molecule has 3 heteroatoms. The SMILES string of the molecule is CCC1CCCC(NCc2cccnc2OC)CC1. The summed E-state index contributed by atoms with van der Waals surface area (Å²) in [5, 5.41) is 3.68. The van der Waals surface area contributed by atoms with Crippen molar-refractivity contribution in [2.24, 2.45) is 5.92 Å². The van der Waals surface area contributed by atoms with Crippen LogP contribution in [0.4, 0.5) is 0 Å². The first kappa shape index (κ1) is 14.3. The van der Waals surface area contributed by atoms with Gasteiger partial charge in [-0.1, -0.05) is 32.3 Å². The first-order chi connectivity index (χ1) is 9.33. The van der Waals surface area contributed by atoms with Crippen molar-refractivity contribution >= 4 is 0 Å². The second-order valence-corrected chi connectivity index (χ2v) is 5.53. The van der Waals surface area contributed by atoms with E-state index in [1.165, 1.54) is 38.5 Å². The Kier molecular flexibility index (Phi) is 5.64. The van der Waals surface area contributed by atoms with Crippen LogP contribution >= 0.6 is 0 Å². The maximum Gasteiger partial charge on any atom is 0.217 e. The zero-order valence-corrected chi connectivity index (χ0v) is 12.2. The van der Waals surface area contributed by atoms with Crippen LogP contribution < -0.4 is 10.1 Å². The van der Waals surface area contributed by atoms with Crippen molar-refractivity contribution < 1.29 is 4.74 Å². The number of methoxy groups -OCH3 is 1. The van der Waals surface area contributed by atoms with E-state index in [0.717, 1.165) is 23.9 Å². The molecule has 0 saturated heterocycles. The van der Waals surface area contributed by atoms with Gasteiger partial charge < -0.3 is 10.1 Å². The summed E-state index contributed by atoms with van der Waals surface area (Å²) in [7, 11) is 1.68. The third kappa shape index (κ3) is 4.20. The van der Waals surface area contributed by atoms with Crippen LogP contribution in [-0.4, -0.2) is 18.1 Å². The van der Waals surface area contributed by atoms with Crippen LogP contribution in [0.3, 0.4) is 0 Å². The van der Waals surface area contributed by atoms with Crippen LogP contribution in [0.5, 0.6) is 5.88 Å². The summed E-state index contributed by atoms with van der Waals surface area (Å²) >= 11 is 0. The molecule has 1 N–H and O–H groups in total. The molecule has 0 amide bonds. The third-order valence-corrected chi connectivity index (χ3v) is 4.29. The zero-order chi connectivity index (χ0) is 13.5. The molecule has 0 bridgehead atoms. The molecule has 1 saturated carbocycles. The molecule has 0 aromatic carbocycles. The molecule has 2 unspecified atom stereocenters. The second-order valence-electron chi connectivity index (χ2n) is 5.53. The lowest BCUT2D eigenvalue weighted by Gasteiger charge is -2.17. The number of pyridine rings is 1. The molecule has 1 heterocycles. The minimum absolute atomic E-state index is 0.654. The number of hydrogen-bond donors (Lipinski definition) is 1. The Balaban J connectivity index is 1.84. The van der Waals surface area contributed by atoms with E-state index < -0.39 is 0 Å². The summed E-state index contributed by atoms with van der Waals surface area (Å²) in [5.41, 5.74) is 1.15. The third-order valence-electron chi connectivity index (χ3n) is 4.29. The first-order valence-electron chi connectivity index (χ1n) is 7.54. The van der Waals surface area contributed by atoms with Gasteiger partial charge in [0.1, 0.15) is 0 Å². The summed E-state index contributed by atoms with van der Waals surface area (Å²) in [6.45, 7) is 3.18. The van der Waals surface area contributed by atoms with Crippen molar-refractivity contribution in [3.63, 3.8) is 0 Å². The van der Waals surface area contributed by atoms with E-state index in [-0.39, 0.29) is 0 Å². The molecule has 2 rings (SSSR count). The van der Waals surface area contributed by atoms with Crippen LogP contribution in [-0.2, 0) is 6.54 Å². The van der Waals surface area contributed by atoms with Gasteiger partial charge >= 0.3 is 0 Å². The summed E-state index contributed by atoms with van der Waals surface area (Å²) in [6.07, 6.45) is 9.87. The monoisotopic (exact) mass is 262 g/mol. The van der Waals surface area contributed by atoms with Crippen molar-refractivity contribution in [1.82, 2.24) is 10.3 Å². The van der Waals surface area contributed by atoms with Gasteiger partial charge in [-0.05, 0) is 31.2 Å². The van der Waals surface area contributed by atoms with Gasteiger partial charge in [0.2, 0.25) is 5.88 Å². The molecule has 1 aromatic heterocycles. The fraction of sp³-hybridized carbons (Fsp3) is 0.688. The van der Waals surface area contributed by atoms with Crippen LogP contribution in [0.15, 0.2) is 18.3 Å². The van der Waals surface area contributed by atoms with Gasteiger partial charge in [0.25, 0.3) is 0 Å². The molecule has 19 heavy (non-hydrogen) atoms. The normalized spacial score (nSPS) is 23.9. The molecule has 1 aromatic rings. The Morgan fingerprint density at radius 2 is 2.21 bits per heavy atom. The van der Waals surface area contributed by atoms with Crippen LogP contribution in [0.1, 0.15) is 51.0 Å². The molecule has 0 aliphatic heterocycles. The largest absolute Gasteiger partial charge is 0.481 e. The van der Waals surface area contributed by atoms with E-state index in [1.807, 2.05) is 6.07 Å². The molecule has 1 aliphatic carbocycles. The topological polar surface area (TPSA) is 34.2 Å². The Bertz CT molecular complexity index is 381. The highest BCUT2D eigenvalue weighted by Crippen LogP contribution is 2.25. The lowest BCUT2D eigenvalue weighted by atomic mass is 9.98. The first-order valence-corrected chi connectivity index (χ1v) is 7.54. The average Bonchev–Trinajstić information content (AvgIpc) is 2.70. The van der Waals surface area contributed by atoms with Crippen molar-refractivity contribution in [3.05, 3.63) is 23.9 Å². The average molecular weight is 262 g/mol. The zero-order valence-electron chi connectivity index (χ0n) is 12.2. The van der Waals surface area contributed by atoms with Gasteiger partial charge in [-0.2, -0.15) is 0 Å². The molecule has 3 nitrogen and oxygen atoms in total. The second kappa shape index (κ2) is 7.49.